The molecular weight excluding hydrogens is 294 g/mol. The van der Waals surface area contributed by atoms with Crippen LogP contribution in [0.4, 0.5) is 0 Å². The van der Waals surface area contributed by atoms with Gasteiger partial charge in [0.15, 0.2) is 0 Å². The predicted molar refractivity (Wildman–Crippen MR) is 91.3 cm³/mol. The highest BCUT2D eigenvalue weighted by Crippen LogP contribution is 2.20. The minimum absolute atomic E-state index is 0.349. The second-order valence-corrected chi connectivity index (χ2v) is 5.66. The van der Waals surface area contributed by atoms with E-state index in [1.165, 1.54) is 17.5 Å². The predicted octanol–water partition coefficient (Wildman–Crippen LogP) is 4.25. The van der Waals surface area contributed by atoms with Crippen molar-refractivity contribution in [1.29, 1.82) is 0 Å². The van der Waals surface area contributed by atoms with E-state index in [0.29, 0.717) is 18.7 Å². The van der Waals surface area contributed by atoms with Gasteiger partial charge in [0.1, 0.15) is 5.71 Å². The smallest absolute Gasteiger partial charge is 0.353 e. The number of rotatable bonds is 6. The van der Waals surface area contributed by atoms with Crippen LogP contribution >= 0.6 is 11.9 Å². The second-order valence-electron chi connectivity index (χ2n) is 4.83. The minimum Gasteiger partial charge on any atom is -0.461 e. The van der Waals surface area contributed by atoms with E-state index in [2.05, 4.69) is 4.40 Å². The molecule has 0 bridgehead atoms. The molecule has 0 atom stereocenters. The first kappa shape index (κ1) is 16.3. The number of carbonyl (C=O) groups is 1. The molecule has 3 nitrogen and oxygen atoms in total. The van der Waals surface area contributed by atoms with E-state index in [9.17, 15) is 4.79 Å². The third-order valence-electron chi connectivity index (χ3n) is 3.01. The van der Waals surface area contributed by atoms with Gasteiger partial charge in [0, 0.05) is 23.3 Å². The zero-order valence-corrected chi connectivity index (χ0v) is 13.6. The monoisotopic (exact) mass is 313 g/mol. The highest BCUT2D eigenvalue weighted by molar-refractivity contribution is 7.98. The Kier molecular flexibility index (Phi) is 6.22. The maximum atomic E-state index is 12.1. The van der Waals surface area contributed by atoms with Crippen molar-refractivity contribution >= 4 is 23.6 Å². The molecule has 0 heterocycles. The normalized spacial score (nSPS) is 11.3. The molecule has 114 valence electrons. The first-order valence-electron chi connectivity index (χ1n) is 7.20. The van der Waals surface area contributed by atoms with E-state index in [1.807, 2.05) is 61.5 Å². The number of esters is 1. The Hall–Kier alpha value is -2.07. The quantitative estimate of drug-likeness (QED) is 0.454. The van der Waals surface area contributed by atoms with Crippen molar-refractivity contribution in [2.24, 2.45) is 4.40 Å². The van der Waals surface area contributed by atoms with Crippen molar-refractivity contribution in [2.75, 3.05) is 6.61 Å². The Morgan fingerprint density at radius 2 is 1.77 bits per heavy atom. The third kappa shape index (κ3) is 5.04. The summed E-state index contributed by atoms with van der Waals surface area (Å²) in [6.45, 7) is 4.18. The van der Waals surface area contributed by atoms with Gasteiger partial charge in [-0.05, 0) is 31.5 Å². The molecule has 4 heteroatoms. The van der Waals surface area contributed by atoms with Gasteiger partial charge < -0.3 is 4.74 Å². The third-order valence-corrected chi connectivity index (χ3v) is 3.80. The summed E-state index contributed by atoms with van der Waals surface area (Å²) in [6, 6.07) is 17.8. The second kappa shape index (κ2) is 8.39. The molecule has 0 radical (unpaired) electrons. The lowest BCUT2D eigenvalue weighted by molar-refractivity contribution is -0.135. The first-order valence-corrected chi connectivity index (χ1v) is 7.98. The summed E-state index contributed by atoms with van der Waals surface area (Å²) in [5.74, 6) is -0.356. The molecule has 0 aliphatic rings. The number of benzene rings is 2. The van der Waals surface area contributed by atoms with Crippen molar-refractivity contribution < 1.29 is 9.53 Å². The van der Waals surface area contributed by atoms with E-state index in [1.54, 1.807) is 6.92 Å². The van der Waals surface area contributed by atoms with Crippen molar-refractivity contribution in [3.8, 4) is 0 Å². The van der Waals surface area contributed by atoms with Gasteiger partial charge in [-0.25, -0.2) is 9.19 Å². The minimum atomic E-state index is -0.356. The van der Waals surface area contributed by atoms with Crippen LogP contribution in [0, 0.1) is 6.92 Å². The molecule has 0 N–H and O–H groups in total. The van der Waals surface area contributed by atoms with Crippen LogP contribution in [0.2, 0.25) is 0 Å². The lowest BCUT2D eigenvalue weighted by Crippen LogP contribution is -2.19. The standard InChI is InChI=1S/C18H19NO2S/c1-3-21-18(20)17(13-15-7-5-4-6-8-15)19-22-16-11-9-14(2)10-12-16/h4-12H,3,13H2,1-2H3/b19-17+. The van der Waals surface area contributed by atoms with E-state index in [-0.39, 0.29) is 5.97 Å². The molecule has 22 heavy (non-hydrogen) atoms. The summed E-state index contributed by atoms with van der Waals surface area (Å²) in [4.78, 5) is 13.1. The highest BCUT2D eigenvalue weighted by atomic mass is 32.2. The Morgan fingerprint density at radius 3 is 2.41 bits per heavy atom. The Balaban J connectivity index is 2.14. The zero-order valence-electron chi connectivity index (χ0n) is 12.8. The first-order chi connectivity index (χ1) is 10.7. The van der Waals surface area contributed by atoms with E-state index >= 15 is 0 Å². The summed E-state index contributed by atoms with van der Waals surface area (Å²) in [6.07, 6.45) is 0.471. The van der Waals surface area contributed by atoms with Gasteiger partial charge >= 0.3 is 5.97 Å². The number of nitrogens with zero attached hydrogens (tertiary/aromatic N) is 1. The molecule has 0 saturated carbocycles. The van der Waals surface area contributed by atoms with Crippen LogP contribution in [0.5, 0.6) is 0 Å². The van der Waals surface area contributed by atoms with Gasteiger partial charge in [-0.2, -0.15) is 0 Å². The SMILES string of the molecule is CCOC(=O)/C(Cc1ccccc1)=N/Sc1ccc(C)cc1. The summed E-state index contributed by atoms with van der Waals surface area (Å²) in [7, 11) is 0. The molecule has 2 aromatic rings. The largest absolute Gasteiger partial charge is 0.461 e. The maximum Gasteiger partial charge on any atom is 0.353 e. The van der Waals surface area contributed by atoms with Gasteiger partial charge in [-0.3, -0.25) is 0 Å². The summed E-state index contributed by atoms with van der Waals surface area (Å²) < 4.78 is 9.50. The Labute approximate surface area is 135 Å². The number of hydrogen-bond acceptors (Lipinski definition) is 4. The summed E-state index contributed by atoms with van der Waals surface area (Å²) >= 11 is 1.30. The topological polar surface area (TPSA) is 38.7 Å². The van der Waals surface area contributed by atoms with Crippen LogP contribution in [0.3, 0.4) is 0 Å². The number of hydrogen-bond donors (Lipinski definition) is 0. The molecule has 0 fully saturated rings. The number of carbonyl (C=O) groups excluding carboxylic acids is 1. The molecule has 2 rings (SSSR count). The van der Waals surface area contributed by atoms with Gasteiger partial charge in [-0.15, -0.1) is 0 Å². The molecule has 0 aliphatic heterocycles. The van der Waals surface area contributed by atoms with E-state index in [0.717, 1.165) is 10.5 Å². The molecule has 0 aliphatic carbocycles. The van der Waals surface area contributed by atoms with Gasteiger partial charge in [0.05, 0.1) is 6.61 Å². The fraction of sp³-hybridized carbons (Fsp3) is 0.222. The van der Waals surface area contributed by atoms with Crippen LogP contribution in [0.25, 0.3) is 0 Å². The average molecular weight is 313 g/mol. The Bertz CT molecular complexity index is 636. The van der Waals surface area contributed by atoms with Crippen LogP contribution in [0.15, 0.2) is 63.9 Å². The molecule has 0 unspecified atom stereocenters. The van der Waals surface area contributed by atoms with Crippen LogP contribution < -0.4 is 0 Å². The van der Waals surface area contributed by atoms with E-state index in [4.69, 9.17) is 4.74 Å². The highest BCUT2D eigenvalue weighted by Gasteiger charge is 2.13. The summed E-state index contributed by atoms with van der Waals surface area (Å²) in [5, 5.41) is 0. The average Bonchev–Trinajstić information content (AvgIpc) is 2.54. The van der Waals surface area contributed by atoms with Gasteiger partial charge in [0.25, 0.3) is 0 Å². The van der Waals surface area contributed by atoms with Crippen molar-refractivity contribution in [2.45, 2.75) is 25.2 Å². The lowest BCUT2D eigenvalue weighted by Gasteiger charge is -2.06. The van der Waals surface area contributed by atoms with Crippen LogP contribution in [0.1, 0.15) is 18.1 Å². The van der Waals surface area contributed by atoms with E-state index < -0.39 is 0 Å². The molecule has 0 aromatic heterocycles. The van der Waals surface area contributed by atoms with Crippen molar-refractivity contribution in [1.82, 2.24) is 0 Å². The van der Waals surface area contributed by atoms with Gasteiger partial charge in [-0.1, -0.05) is 48.0 Å². The fourth-order valence-corrected chi connectivity index (χ4v) is 2.46. The zero-order chi connectivity index (χ0) is 15.8. The fourth-order valence-electron chi connectivity index (χ4n) is 1.85. The molecule has 0 saturated heterocycles. The lowest BCUT2D eigenvalue weighted by atomic mass is 10.1. The Morgan fingerprint density at radius 1 is 1.09 bits per heavy atom. The van der Waals surface area contributed by atoms with Gasteiger partial charge in [0.2, 0.25) is 0 Å². The summed E-state index contributed by atoms with van der Waals surface area (Å²) in [5.41, 5.74) is 2.67. The molecule has 0 spiro atoms. The van der Waals surface area contributed by atoms with Crippen molar-refractivity contribution in [3.05, 3.63) is 65.7 Å². The molecule has 2 aromatic carbocycles. The van der Waals surface area contributed by atoms with Crippen LogP contribution in [-0.4, -0.2) is 18.3 Å². The number of aryl methyl sites for hydroxylation is 1. The maximum absolute atomic E-state index is 12.1. The van der Waals surface area contributed by atoms with Crippen molar-refractivity contribution in [3.63, 3.8) is 0 Å². The number of ether oxygens (including phenoxy) is 1. The molecular formula is C18H19NO2S. The molecule has 0 amide bonds. The van der Waals surface area contributed by atoms with Crippen LogP contribution in [-0.2, 0) is 16.0 Å².